The van der Waals surface area contributed by atoms with E-state index in [1.54, 1.807) is 19.2 Å². The molecule has 0 saturated carbocycles. The molecule has 0 saturated heterocycles. The Kier molecular flexibility index (Phi) is 5.46. The highest BCUT2D eigenvalue weighted by Crippen LogP contribution is 2.22. The van der Waals surface area contributed by atoms with Crippen LogP contribution in [-0.2, 0) is 11.3 Å². The van der Waals surface area contributed by atoms with Gasteiger partial charge in [0, 0.05) is 31.6 Å². The number of aromatic nitrogens is 3. The molecule has 0 unspecified atom stereocenters. The van der Waals surface area contributed by atoms with Crippen molar-refractivity contribution in [3.05, 3.63) is 27.9 Å². The number of nitrogens with zero attached hydrogens (tertiary/aromatic N) is 3. The first-order chi connectivity index (χ1) is 10.1. The highest BCUT2D eigenvalue weighted by molar-refractivity contribution is 7.14. The highest BCUT2D eigenvalue weighted by Gasteiger charge is 2.08. The minimum Gasteiger partial charge on any atom is -0.383 e. The van der Waals surface area contributed by atoms with Gasteiger partial charge in [-0.05, 0) is 12.0 Å². The molecule has 7 heteroatoms. The van der Waals surface area contributed by atoms with E-state index >= 15 is 0 Å². The second kappa shape index (κ2) is 7.33. The lowest BCUT2D eigenvalue weighted by Gasteiger charge is -2.08. The average Bonchev–Trinajstić information content (AvgIpc) is 2.90. The van der Waals surface area contributed by atoms with Crippen LogP contribution in [0.5, 0.6) is 0 Å². The lowest BCUT2D eigenvalue weighted by Crippen LogP contribution is -2.24. The number of anilines is 1. The smallest absolute Gasteiger partial charge is 0.266 e. The van der Waals surface area contributed by atoms with Crippen molar-refractivity contribution < 1.29 is 4.74 Å². The topological polar surface area (TPSA) is 69.0 Å². The summed E-state index contributed by atoms with van der Waals surface area (Å²) in [4.78, 5) is 16.3. The molecule has 0 aliphatic heterocycles. The Labute approximate surface area is 127 Å². The number of hydrogen-bond acceptors (Lipinski definition) is 6. The summed E-state index contributed by atoms with van der Waals surface area (Å²) in [6.45, 7) is 6.06. The fourth-order valence-electron chi connectivity index (χ4n) is 1.79. The number of rotatable bonds is 7. The Morgan fingerprint density at radius 1 is 1.38 bits per heavy atom. The second-order valence-corrected chi connectivity index (χ2v) is 5.95. The zero-order chi connectivity index (χ0) is 15.2. The lowest BCUT2D eigenvalue weighted by molar-refractivity contribution is 0.211. The van der Waals surface area contributed by atoms with E-state index in [9.17, 15) is 4.79 Å². The van der Waals surface area contributed by atoms with E-state index in [0.717, 1.165) is 10.8 Å². The summed E-state index contributed by atoms with van der Waals surface area (Å²) < 4.78 is 6.48. The molecule has 0 aliphatic rings. The summed E-state index contributed by atoms with van der Waals surface area (Å²) in [6.07, 6.45) is 0. The predicted molar refractivity (Wildman–Crippen MR) is 84.8 cm³/mol. The molecule has 0 aliphatic carbocycles. The first-order valence-corrected chi connectivity index (χ1v) is 7.75. The SMILES string of the molecule is COCCNc1nc(-c2ccc(=O)n(CC(C)C)n2)cs1. The van der Waals surface area contributed by atoms with Crippen molar-refractivity contribution in [1.29, 1.82) is 0 Å². The van der Waals surface area contributed by atoms with Gasteiger partial charge in [-0.25, -0.2) is 9.67 Å². The maximum absolute atomic E-state index is 11.8. The van der Waals surface area contributed by atoms with Crippen molar-refractivity contribution in [3.63, 3.8) is 0 Å². The van der Waals surface area contributed by atoms with E-state index in [2.05, 4.69) is 29.2 Å². The standard InChI is InChI=1S/C14H20N4O2S/c1-10(2)8-18-13(19)5-4-11(17-18)12-9-21-14(16-12)15-6-7-20-3/h4-5,9-10H,6-8H2,1-3H3,(H,15,16). The molecule has 0 atom stereocenters. The Morgan fingerprint density at radius 3 is 2.90 bits per heavy atom. The molecule has 0 spiro atoms. The number of thiazole rings is 1. The van der Waals surface area contributed by atoms with Gasteiger partial charge in [0.05, 0.1) is 6.61 Å². The molecule has 2 heterocycles. The number of nitrogens with one attached hydrogen (secondary N) is 1. The largest absolute Gasteiger partial charge is 0.383 e. The fourth-order valence-corrected chi connectivity index (χ4v) is 2.53. The Bertz CT molecular complexity index is 636. The van der Waals surface area contributed by atoms with Gasteiger partial charge in [-0.15, -0.1) is 11.3 Å². The quantitative estimate of drug-likeness (QED) is 0.793. The molecule has 6 nitrogen and oxygen atoms in total. The average molecular weight is 308 g/mol. The van der Waals surface area contributed by atoms with E-state index in [0.29, 0.717) is 31.3 Å². The molecule has 2 aromatic heterocycles. The minimum absolute atomic E-state index is 0.0823. The summed E-state index contributed by atoms with van der Waals surface area (Å²) in [6, 6.07) is 3.26. The van der Waals surface area contributed by atoms with Gasteiger partial charge in [0.2, 0.25) is 0 Å². The van der Waals surface area contributed by atoms with Crippen molar-refractivity contribution in [3.8, 4) is 11.4 Å². The van der Waals surface area contributed by atoms with Crippen molar-refractivity contribution in [2.24, 2.45) is 5.92 Å². The summed E-state index contributed by atoms with van der Waals surface area (Å²) in [5.41, 5.74) is 1.41. The molecule has 0 amide bonds. The molecule has 1 N–H and O–H groups in total. The Hall–Kier alpha value is -1.73. The van der Waals surface area contributed by atoms with E-state index in [4.69, 9.17) is 4.74 Å². The van der Waals surface area contributed by atoms with Gasteiger partial charge < -0.3 is 10.1 Å². The zero-order valence-corrected chi connectivity index (χ0v) is 13.3. The third kappa shape index (κ3) is 4.37. The van der Waals surface area contributed by atoms with Gasteiger partial charge in [-0.3, -0.25) is 4.79 Å². The van der Waals surface area contributed by atoms with Crippen LogP contribution in [0.3, 0.4) is 0 Å². The summed E-state index contributed by atoms with van der Waals surface area (Å²) in [5.74, 6) is 0.368. The van der Waals surface area contributed by atoms with Gasteiger partial charge in [0.25, 0.3) is 5.56 Å². The van der Waals surface area contributed by atoms with Crippen LogP contribution in [0.25, 0.3) is 11.4 Å². The first kappa shape index (κ1) is 15.7. The molecule has 2 rings (SSSR count). The number of methoxy groups -OCH3 is 1. The third-order valence-electron chi connectivity index (χ3n) is 2.75. The highest BCUT2D eigenvalue weighted by atomic mass is 32.1. The van der Waals surface area contributed by atoms with Crippen LogP contribution in [0.4, 0.5) is 5.13 Å². The van der Waals surface area contributed by atoms with Crippen LogP contribution < -0.4 is 10.9 Å². The van der Waals surface area contributed by atoms with Crippen LogP contribution in [0.15, 0.2) is 22.3 Å². The van der Waals surface area contributed by atoms with Gasteiger partial charge in [-0.2, -0.15) is 5.10 Å². The summed E-state index contributed by atoms with van der Waals surface area (Å²) in [5, 5.41) is 10.3. The lowest BCUT2D eigenvalue weighted by atomic mass is 10.2. The molecule has 0 radical (unpaired) electrons. The monoisotopic (exact) mass is 308 g/mol. The second-order valence-electron chi connectivity index (χ2n) is 5.09. The molecule has 2 aromatic rings. The van der Waals surface area contributed by atoms with Crippen LogP contribution in [0.2, 0.25) is 0 Å². The Balaban J connectivity index is 2.16. The maximum Gasteiger partial charge on any atom is 0.266 e. The van der Waals surface area contributed by atoms with E-state index in [-0.39, 0.29) is 5.56 Å². The molecular weight excluding hydrogens is 288 g/mol. The first-order valence-electron chi connectivity index (χ1n) is 6.87. The molecular formula is C14H20N4O2S. The normalized spacial score (nSPS) is 11.0. The third-order valence-corrected chi connectivity index (χ3v) is 3.55. The Morgan fingerprint density at radius 2 is 2.19 bits per heavy atom. The van der Waals surface area contributed by atoms with E-state index < -0.39 is 0 Å². The van der Waals surface area contributed by atoms with Crippen LogP contribution in [0, 0.1) is 5.92 Å². The predicted octanol–water partition coefficient (Wildman–Crippen LogP) is 2.08. The van der Waals surface area contributed by atoms with Gasteiger partial charge >= 0.3 is 0 Å². The van der Waals surface area contributed by atoms with E-state index in [1.807, 2.05) is 5.38 Å². The van der Waals surface area contributed by atoms with E-state index in [1.165, 1.54) is 16.0 Å². The van der Waals surface area contributed by atoms with Crippen molar-refractivity contribution in [1.82, 2.24) is 14.8 Å². The number of ether oxygens (including phenoxy) is 1. The molecule has 0 fully saturated rings. The molecule has 21 heavy (non-hydrogen) atoms. The summed E-state index contributed by atoms with van der Waals surface area (Å²) >= 11 is 1.51. The summed E-state index contributed by atoms with van der Waals surface area (Å²) in [7, 11) is 1.66. The van der Waals surface area contributed by atoms with Crippen molar-refractivity contribution >= 4 is 16.5 Å². The van der Waals surface area contributed by atoms with Crippen LogP contribution >= 0.6 is 11.3 Å². The van der Waals surface area contributed by atoms with Crippen molar-refractivity contribution in [2.75, 3.05) is 25.6 Å². The molecule has 0 bridgehead atoms. The maximum atomic E-state index is 11.8. The van der Waals surface area contributed by atoms with Gasteiger partial charge in [0.1, 0.15) is 11.4 Å². The van der Waals surface area contributed by atoms with Gasteiger partial charge in [-0.1, -0.05) is 13.8 Å². The molecule has 114 valence electrons. The van der Waals surface area contributed by atoms with Crippen LogP contribution in [0.1, 0.15) is 13.8 Å². The minimum atomic E-state index is -0.0823. The number of hydrogen-bond donors (Lipinski definition) is 1. The van der Waals surface area contributed by atoms with Crippen LogP contribution in [-0.4, -0.2) is 35.0 Å². The fraction of sp³-hybridized carbons (Fsp3) is 0.500. The van der Waals surface area contributed by atoms with Gasteiger partial charge in [0.15, 0.2) is 5.13 Å². The molecule has 0 aromatic carbocycles. The zero-order valence-electron chi connectivity index (χ0n) is 12.5. The van der Waals surface area contributed by atoms with Crippen molar-refractivity contribution in [2.45, 2.75) is 20.4 Å².